The molecule has 1 aliphatic carbocycles. The van der Waals surface area contributed by atoms with Gasteiger partial charge in [-0.1, -0.05) is 19.8 Å². The molecular weight excluding hydrogens is 154 g/mol. The van der Waals surface area contributed by atoms with E-state index in [9.17, 15) is 4.79 Å². The minimum absolute atomic E-state index is 0.200. The molecule has 70 valence electrons. The molecule has 0 aromatic carbocycles. The van der Waals surface area contributed by atoms with Crippen LogP contribution >= 0.6 is 0 Å². The Bertz CT molecular complexity index is 170. The summed E-state index contributed by atoms with van der Waals surface area (Å²) in [6.45, 7) is 2.17. The molecule has 3 atom stereocenters. The average molecular weight is 171 g/mol. The summed E-state index contributed by atoms with van der Waals surface area (Å²) in [7, 11) is 0. The molecule has 0 spiro atoms. The number of aliphatic carboxylic acids is 1. The highest BCUT2D eigenvalue weighted by Crippen LogP contribution is 2.30. The van der Waals surface area contributed by atoms with Crippen LogP contribution in [-0.2, 0) is 4.79 Å². The molecule has 0 amide bonds. The third-order valence-corrected chi connectivity index (χ3v) is 2.77. The van der Waals surface area contributed by atoms with Crippen molar-refractivity contribution in [2.45, 2.75) is 38.6 Å². The summed E-state index contributed by atoms with van der Waals surface area (Å²) in [5.74, 6) is -0.00509. The number of hydrogen-bond acceptors (Lipinski definition) is 2. The zero-order valence-electron chi connectivity index (χ0n) is 7.49. The molecule has 1 fully saturated rings. The van der Waals surface area contributed by atoms with E-state index < -0.39 is 12.0 Å². The Balaban J connectivity index is 2.45. The zero-order chi connectivity index (χ0) is 9.14. The minimum atomic E-state index is -0.853. The molecule has 0 radical (unpaired) electrons. The molecule has 0 bridgehead atoms. The molecule has 3 N–H and O–H groups in total. The highest BCUT2D eigenvalue weighted by molar-refractivity contribution is 5.73. The van der Waals surface area contributed by atoms with Gasteiger partial charge in [-0.05, 0) is 24.7 Å². The Morgan fingerprint density at radius 1 is 1.58 bits per heavy atom. The predicted octanol–water partition coefficient (Wildman–Crippen LogP) is 1.22. The van der Waals surface area contributed by atoms with Gasteiger partial charge in [0.15, 0.2) is 0 Å². The van der Waals surface area contributed by atoms with Crippen molar-refractivity contribution in [3.05, 3.63) is 0 Å². The highest BCUT2D eigenvalue weighted by atomic mass is 16.4. The number of rotatable bonds is 2. The van der Waals surface area contributed by atoms with E-state index in [-0.39, 0.29) is 5.92 Å². The summed E-state index contributed by atoms with van der Waals surface area (Å²) in [4.78, 5) is 10.6. The van der Waals surface area contributed by atoms with Crippen molar-refractivity contribution in [3.63, 3.8) is 0 Å². The van der Waals surface area contributed by atoms with Gasteiger partial charge in [0.05, 0.1) is 0 Å². The van der Waals surface area contributed by atoms with E-state index in [4.69, 9.17) is 10.8 Å². The van der Waals surface area contributed by atoms with E-state index in [1.165, 1.54) is 6.42 Å². The van der Waals surface area contributed by atoms with E-state index in [0.29, 0.717) is 5.92 Å². The molecular formula is C9H17NO2. The minimum Gasteiger partial charge on any atom is -0.480 e. The van der Waals surface area contributed by atoms with Gasteiger partial charge in [0, 0.05) is 0 Å². The Morgan fingerprint density at radius 2 is 2.25 bits per heavy atom. The maximum Gasteiger partial charge on any atom is 0.320 e. The van der Waals surface area contributed by atoms with Gasteiger partial charge < -0.3 is 10.8 Å². The van der Waals surface area contributed by atoms with Gasteiger partial charge in [0.25, 0.3) is 0 Å². The second kappa shape index (κ2) is 3.90. The normalized spacial score (nSPS) is 32.8. The van der Waals surface area contributed by atoms with E-state index in [2.05, 4.69) is 6.92 Å². The van der Waals surface area contributed by atoms with Gasteiger partial charge in [0.1, 0.15) is 6.04 Å². The first-order chi connectivity index (χ1) is 5.61. The Morgan fingerprint density at radius 3 is 2.75 bits per heavy atom. The molecule has 3 heteroatoms. The third kappa shape index (κ3) is 2.21. The number of nitrogens with two attached hydrogens (primary N) is 1. The van der Waals surface area contributed by atoms with E-state index in [1.54, 1.807) is 0 Å². The maximum atomic E-state index is 10.6. The van der Waals surface area contributed by atoms with Crippen LogP contribution in [-0.4, -0.2) is 17.1 Å². The van der Waals surface area contributed by atoms with Gasteiger partial charge in [0.2, 0.25) is 0 Å². The summed E-state index contributed by atoms with van der Waals surface area (Å²) in [6, 6.07) is -0.646. The van der Waals surface area contributed by atoms with Crippen LogP contribution < -0.4 is 5.73 Å². The quantitative estimate of drug-likeness (QED) is 0.656. The number of hydrogen-bond donors (Lipinski definition) is 2. The largest absolute Gasteiger partial charge is 0.480 e. The van der Waals surface area contributed by atoms with Gasteiger partial charge >= 0.3 is 5.97 Å². The lowest BCUT2D eigenvalue weighted by atomic mass is 9.79. The zero-order valence-corrected chi connectivity index (χ0v) is 7.49. The molecule has 0 heterocycles. The molecule has 1 aliphatic rings. The van der Waals surface area contributed by atoms with Crippen molar-refractivity contribution in [2.75, 3.05) is 0 Å². The van der Waals surface area contributed by atoms with Gasteiger partial charge in [-0.25, -0.2) is 0 Å². The fraction of sp³-hybridized carbons (Fsp3) is 0.889. The Labute approximate surface area is 72.9 Å². The lowest BCUT2D eigenvalue weighted by Crippen LogP contribution is -2.40. The van der Waals surface area contributed by atoms with Crippen LogP contribution in [0.5, 0.6) is 0 Å². The molecule has 0 saturated heterocycles. The average Bonchev–Trinajstić information content (AvgIpc) is 2.03. The number of carboxylic acid groups (broad SMARTS) is 1. The van der Waals surface area contributed by atoms with Crippen LogP contribution in [0.4, 0.5) is 0 Å². The van der Waals surface area contributed by atoms with Crippen LogP contribution in [0.25, 0.3) is 0 Å². The van der Waals surface area contributed by atoms with Crippen molar-refractivity contribution in [1.29, 1.82) is 0 Å². The van der Waals surface area contributed by atoms with Gasteiger partial charge in [-0.2, -0.15) is 0 Å². The lowest BCUT2D eigenvalue weighted by molar-refractivity contribution is -0.140. The van der Waals surface area contributed by atoms with Crippen LogP contribution in [0.1, 0.15) is 32.6 Å². The fourth-order valence-corrected chi connectivity index (χ4v) is 2.01. The summed E-state index contributed by atoms with van der Waals surface area (Å²) >= 11 is 0. The molecule has 1 rings (SSSR count). The summed E-state index contributed by atoms with van der Waals surface area (Å²) in [5, 5.41) is 8.70. The van der Waals surface area contributed by atoms with Crippen LogP contribution in [0.2, 0.25) is 0 Å². The Hall–Kier alpha value is -0.570. The molecule has 0 aliphatic heterocycles. The van der Waals surface area contributed by atoms with Crippen molar-refractivity contribution >= 4 is 5.97 Å². The van der Waals surface area contributed by atoms with E-state index >= 15 is 0 Å². The fourth-order valence-electron chi connectivity index (χ4n) is 2.01. The SMILES string of the molecule is CC1CCCC([C@@H](N)C(=O)O)C1. The van der Waals surface area contributed by atoms with Crippen molar-refractivity contribution < 1.29 is 9.90 Å². The van der Waals surface area contributed by atoms with Crippen LogP contribution in [0, 0.1) is 11.8 Å². The Kier molecular flexibility index (Phi) is 3.09. The van der Waals surface area contributed by atoms with Crippen LogP contribution in [0.3, 0.4) is 0 Å². The molecule has 12 heavy (non-hydrogen) atoms. The van der Waals surface area contributed by atoms with Gasteiger partial charge in [-0.3, -0.25) is 4.79 Å². The maximum absolute atomic E-state index is 10.6. The second-order valence-corrected chi connectivity index (χ2v) is 3.90. The first-order valence-electron chi connectivity index (χ1n) is 4.59. The summed E-state index contributed by atoms with van der Waals surface area (Å²) in [5.41, 5.74) is 5.55. The van der Waals surface area contributed by atoms with Gasteiger partial charge in [-0.15, -0.1) is 0 Å². The lowest BCUT2D eigenvalue weighted by Gasteiger charge is -2.28. The first kappa shape index (κ1) is 9.52. The van der Waals surface area contributed by atoms with E-state index in [0.717, 1.165) is 19.3 Å². The monoisotopic (exact) mass is 171 g/mol. The van der Waals surface area contributed by atoms with Crippen molar-refractivity contribution in [3.8, 4) is 0 Å². The molecule has 0 aromatic rings. The smallest absolute Gasteiger partial charge is 0.320 e. The molecule has 0 aromatic heterocycles. The molecule has 1 saturated carbocycles. The van der Waals surface area contributed by atoms with E-state index in [1.807, 2.05) is 0 Å². The van der Waals surface area contributed by atoms with Crippen molar-refractivity contribution in [1.82, 2.24) is 0 Å². The first-order valence-corrected chi connectivity index (χ1v) is 4.59. The molecule has 2 unspecified atom stereocenters. The number of carbonyl (C=O) groups is 1. The van der Waals surface area contributed by atoms with Crippen molar-refractivity contribution in [2.24, 2.45) is 17.6 Å². The summed E-state index contributed by atoms with van der Waals surface area (Å²) in [6.07, 6.45) is 4.32. The second-order valence-electron chi connectivity index (χ2n) is 3.90. The third-order valence-electron chi connectivity index (χ3n) is 2.77. The highest BCUT2D eigenvalue weighted by Gasteiger charge is 2.28. The number of carboxylic acids is 1. The van der Waals surface area contributed by atoms with Crippen LogP contribution in [0.15, 0.2) is 0 Å². The summed E-state index contributed by atoms with van der Waals surface area (Å²) < 4.78 is 0. The predicted molar refractivity (Wildman–Crippen MR) is 46.7 cm³/mol. The molecule has 3 nitrogen and oxygen atoms in total. The topological polar surface area (TPSA) is 63.3 Å². The standard InChI is InChI=1S/C9H17NO2/c1-6-3-2-4-7(5-6)8(10)9(11)12/h6-8H,2-5,10H2,1H3,(H,11,12)/t6?,7?,8-/m1/s1.